The van der Waals surface area contributed by atoms with E-state index in [0.29, 0.717) is 24.1 Å². The number of carbonyl (C=O) groups is 1. The van der Waals surface area contributed by atoms with Gasteiger partial charge in [-0.05, 0) is 55.8 Å². The first kappa shape index (κ1) is 18.9. The summed E-state index contributed by atoms with van der Waals surface area (Å²) in [7, 11) is -3.34. The number of hydrogen-bond donors (Lipinski definition) is 1. The van der Waals surface area contributed by atoms with E-state index in [1.165, 1.54) is 25.0 Å². The van der Waals surface area contributed by atoms with E-state index < -0.39 is 9.84 Å². The highest BCUT2D eigenvalue weighted by atomic mass is 32.2. The topological polar surface area (TPSA) is 77.9 Å². The van der Waals surface area contributed by atoms with Crippen molar-refractivity contribution >= 4 is 15.7 Å². The van der Waals surface area contributed by atoms with Gasteiger partial charge < -0.3 is 10.0 Å². The summed E-state index contributed by atoms with van der Waals surface area (Å²) < 4.78 is 23.6. The van der Waals surface area contributed by atoms with E-state index in [9.17, 15) is 18.3 Å². The van der Waals surface area contributed by atoms with Gasteiger partial charge in [-0.3, -0.25) is 9.69 Å². The predicted molar refractivity (Wildman–Crippen MR) is 102 cm³/mol. The maximum atomic E-state index is 13.1. The van der Waals surface area contributed by atoms with Gasteiger partial charge in [0, 0.05) is 37.0 Å². The van der Waals surface area contributed by atoms with Crippen LogP contribution in [0.3, 0.4) is 0 Å². The van der Waals surface area contributed by atoms with Crippen LogP contribution in [0.5, 0.6) is 0 Å². The molecule has 27 heavy (non-hydrogen) atoms. The summed E-state index contributed by atoms with van der Waals surface area (Å²) in [6, 6.07) is 6.91. The van der Waals surface area contributed by atoms with Crippen molar-refractivity contribution in [2.75, 3.05) is 32.5 Å². The van der Waals surface area contributed by atoms with Crippen molar-refractivity contribution in [2.45, 2.75) is 42.7 Å². The second kappa shape index (κ2) is 7.18. The van der Waals surface area contributed by atoms with Gasteiger partial charge in [0.05, 0.1) is 11.5 Å². The minimum Gasteiger partial charge on any atom is -0.395 e. The number of aliphatic hydroxyl groups excluding tert-OH is 1. The first-order valence-electron chi connectivity index (χ1n) is 9.84. The number of sulfone groups is 1. The number of benzene rings is 1. The molecule has 4 atom stereocenters. The third kappa shape index (κ3) is 3.52. The summed E-state index contributed by atoms with van der Waals surface area (Å²) in [5.74, 6) is 0.621. The number of carbonyl (C=O) groups excluding carboxylic acids is 1. The number of amides is 1. The molecule has 3 saturated heterocycles. The van der Waals surface area contributed by atoms with Crippen molar-refractivity contribution in [3.05, 3.63) is 29.8 Å². The van der Waals surface area contributed by atoms with Gasteiger partial charge in [-0.15, -0.1) is 0 Å². The molecule has 0 unspecified atom stereocenters. The van der Waals surface area contributed by atoms with Crippen LogP contribution in [0.15, 0.2) is 29.2 Å². The lowest BCUT2D eigenvalue weighted by atomic mass is 9.72. The van der Waals surface area contributed by atoms with Gasteiger partial charge in [0.2, 0.25) is 0 Å². The molecule has 1 aromatic carbocycles. The summed E-state index contributed by atoms with van der Waals surface area (Å²) in [4.78, 5) is 17.7. The third-order valence-electron chi connectivity index (χ3n) is 6.61. The van der Waals surface area contributed by atoms with Crippen molar-refractivity contribution in [3.63, 3.8) is 0 Å². The van der Waals surface area contributed by atoms with Crippen LogP contribution in [-0.4, -0.2) is 73.8 Å². The maximum Gasteiger partial charge on any atom is 0.253 e. The molecule has 1 amide bonds. The molecule has 2 bridgehead atoms. The predicted octanol–water partition coefficient (Wildman–Crippen LogP) is 1.40. The van der Waals surface area contributed by atoms with Crippen LogP contribution in [0.2, 0.25) is 0 Å². The average Bonchev–Trinajstić information content (AvgIpc) is 2.67. The standard InChI is InChI=1S/C20H28N2O4S/c1-27(25,26)17-6-4-5-14(10-17)20(24)21-11-15-9-16(12-21)19(13-23)22-8-3-2-7-18(15)22/h4-6,10,15-16,18-19,23H,2-3,7-9,11-13H2,1H3/t15-,16+,18+,19+/m1/s1. The Balaban J connectivity index is 1.58. The van der Waals surface area contributed by atoms with E-state index in [4.69, 9.17) is 0 Å². The highest BCUT2D eigenvalue weighted by Crippen LogP contribution is 2.41. The number of rotatable bonds is 3. The largest absolute Gasteiger partial charge is 0.395 e. The van der Waals surface area contributed by atoms with Crippen molar-refractivity contribution in [3.8, 4) is 0 Å². The van der Waals surface area contributed by atoms with Crippen molar-refractivity contribution in [2.24, 2.45) is 11.8 Å². The SMILES string of the molecule is CS(=O)(=O)c1cccc(C(=O)N2C[C@H]3C[C@@H](C2)[C@H](CO)N2CCCC[C@@H]32)c1. The van der Waals surface area contributed by atoms with Crippen LogP contribution in [0.25, 0.3) is 0 Å². The molecule has 148 valence electrons. The van der Waals surface area contributed by atoms with Crippen LogP contribution in [0.4, 0.5) is 0 Å². The van der Waals surface area contributed by atoms with Crippen LogP contribution in [0, 0.1) is 11.8 Å². The van der Waals surface area contributed by atoms with E-state index in [1.54, 1.807) is 12.1 Å². The Hall–Kier alpha value is -1.44. The molecule has 1 N–H and O–H groups in total. The van der Waals surface area contributed by atoms with Gasteiger partial charge in [-0.25, -0.2) is 8.42 Å². The third-order valence-corrected chi connectivity index (χ3v) is 7.72. The van der Waals surface area contributed by atoms with Crippen molar-refractivity contribution in [1.82, 2.24) is 9.80 Å². The quantitative estimate of drug-likeness (QED) is 0.841. The zero-order chi connectivity index (χ0) is 19.2. The van der Waals surface area contributed by atoms with E-state index in [-0.39, 0.29) is 29.4 Å². The van der Waals surface area contributed by atoms with Gasteiger partial charge in [0.25, 0.3) is 5.91 Å². The van der Waals surface area contributed by atoms with Crippen LogP contribution < -0.4 is 0 Å². The normalized spacial score (nSPS) is 31.4. The second-order valence-electron chi connectivity index (χ2n) is 8.32. The molecule has 6 nitrogen and oxygen atoms in total. The Labute approximate surface area is 161 Å². The fourth-order valence-electron chi connectivity index (χ4n) is 5.37. The minimum absolute atomic E-state index is 0.101. The molecule has 0 aromatic heterocycles. The number of nitrogens with zero attached hydrogens (tertiary/aromatic N) is 2. The molecular formula is C20H28N2O4S. The Bertz CT molecular complexity index is 811. The summed E-state index contributed by atoms with van der Waals surface area (Å²) in [5.41, 5.74) is 0.430. The Kier molecular flexibility index (Phi) is 5.03. The lowest BCUT2D eigenvalue weighted by Crippen LogP contribution is -2.65. The molecule has 0 aliphatic carbocycles. The summed E-state index contributed by atoms with van der Waals surface area (Å²) in [5, 5.41) is 10.00. The first-order valence-corrected chi connectivity index (χ1v) is 11.7. The van der Waals surface area contributed by atoms with Crippen LogP contribution in [0.1, 0.15) is 36.0 Å². The number of aliphatic hydroxyl groups is 1. The van der Waals surface area contributed by atoms with Gasteiger partial charge in [-0.2, -0.15) is 0 Å². The number of piperidine rings is 3. The fraction of sp³-hybridized carbons (Fsp3) is 0.650. The molecule has 3 fully saturated rings. The molecule has 3 aliphatic heterocycles. The van der Waals surface area contributed by atoms with Gasteiger partial charge in [-0.1, -0.05) is 12.5 Å². The molecular weight excluding hydrogens is 364 g/mol. The zero-order valence-corrected chi connectivity index (χ0v) is 16.6. The highest BCUT2D eigenvalue weighted by Gasteiger charge is 2.47. The summed E-state index contributed by atoms with van der Waals surface area (Å²) in [6.07, 6.45) is 5.77. The average molecular weight is 393 g/mol. The summed E-state index contributed by atoms with van der Waals surface area (Å²) >= 11 is 0. The van der Waals surface area contributed by atoms with Crippen LogP contribution >= 0.6 is 0 Å². The molecule has 4 rings (SSSR count). The van der Waals surface area contributed by atoms with Crippen LogP contribution in [-0.2, 0) is 9.84 Å². The van der Waals surface area contributed by atoms with Gasteiger partial charge in [0.1, 0.15) is 0 Å². The van der Waals surface area contributed by atoms with E-state index in [1.807, 2.05) is 4.90 Å². The number of hydrogen-bond acceptors (Lipinski definition) is 5. The monoisotopic (exact) mass is 392 g/mol. The van der Waals surface area contributed by atoms with E-state index in [0.717, 1.165) is 32.2 Å². The lowest BCUT2D eigenvalue weighted by molar-refractivity contribution is -0.0795. The molecule has 0 radical (unpaired) electrons. The Morgan fingerprint density at radius 2 is 2.00 bits per heavy atom. The molecule has 3 aliphatic rings. The number of fused-ring (bicyclic) bond motifs is 4. The second-order valence-corrected chi connectivity index (χ2v) is 10.3. The zero-order valence-electron chi connectivity index (χ0n) is 15.8. The summed E-state index contributed by atoms with van der Waals surface area (Å²) in [6.45, 7) is 2.54. The maximum absolute atomic E-state index is 13.1. The Morgan fingerprint density at radius 1 is 1.22 bits per heavy atom. The fourth-order valence-corrected chi connectivity index (χ4v) is 6.03. The highest BCUT2D eigenvalue weighted by molar-refractivity contribution is 7.90. The molecule has 3 heterocycles. The Morgan fingerprint density at radius 3 is 2.74 bits per heavy atom. The van der Waals surface area contributed by atoms with Crippen molar-refractivity contribution in [1.29, 1.82) is 0 Å². The molecule has 0 saturated carbocycles. The van der Waals surface area contributed by atoms with E-state index >= 15 is 0 Å². The smallest absolute Gasteiger partial charge is 0.253 e. The molecule has 1 aromatic rings. The minimum atomic E-state index is -3.34. The van der Waals surface area contributed by atoms with Crippen molar-refractivity contribution < 1.29 is 18.3 Å². The lowest BCUT2D eigenvalue weighted by Gasteiger charge is -2.56. The molecule has 0 spiro atoms. The van der Waals surface area contributed by atoms with Gasteiger partial charge >= 0.3 is 0 Å². The van der Waals surface area contributed by atoms with E-state index in [2.05, 4.69) is 4.90 Å². The number of likely N-dealkylation sites (tertiary alicyclic amines) is 1. The first-order chi connectivity index (χ1) is 12.9. The van der Waals surface area contributed by atoms with Gasteiger partial charge in [0.15, 0.2) is 9.84 Å². The molecule has 7 heteroatoms.